The van der Waals surface area contributed by atoms with Crippen LogP contribution in [0.15, 0.2) is 18.2 Å². The van der Waals surface area contributed by atoms with Crippen molar-refractivity contribution in [3.05, 3.63) is 29.6 Å². The summed E-state index contributed by atoms with van der Waals surface area (Å²) in [4.78, 5) is 10.9. The Morgan fingerprint density at radius 1 is 1.44 bits per heavy atom. The largest absolute Gasteiger partial charge is 0.467 e. The SMILES string of the molecule is COC(=O)C(O)C(O)c1cc(N)cc(F)c1. The Balaban J connectivity index is 2.95. The third kappa shape index (κ3) is 2.68. The fourth-order valence-corrected chi connectivity index (χ4v) is 1.24. The number of esters is 1. The van der Waals surface area contributed by atoms with Gasteiger partial charge in [0.15, 0.2) is 6.10 Å². The number of aliphatic hydroxyl groups is 2. The lowest BCUT2D eigenvalue weighted by Crippen LogP contribution is -2.29. The summed E-state index contributed by atoms with van der Waals surface area (Å²) < 4.78 is 17.2. The van der Waals surface area contributed by atoms with Gasteiger partial charge in [-0.2, -0.15) is 0 Å². The van der Waals surface area contributed by atoms with Crippen LogP contribution in [0, 0.1) is 5.82 Å². The average Bonchev–Trinajstić information content (AvgIpc) is 2.24. The Morgan fingerprint density at radius 3 is 2.56 bits per heavy atom. The molecule has 4 N–H and O–H groups in total. The van der Waals surface area contributed by atoms with Crippen molar-refractivity contribution < 1.29 is 24.1 Å². The van der Waals surface area contributed by atoms with Gasteiger partial charge < -0.3 is 20.7 Å². The number of methoxy groups -OCH3 is 1. The predicted molar refractivity (Wildman–Crippen MR) is 53.8 cm³/mol. The first-order valence-electron chi connectivity index (χ1n) is 4.45. The van der Waals surface area contributed by atoms with Crippen LogP contribution in [-0.2, 0) is 9.53 Å². The molecule has 1 aromatic carbocycles. The summed E-state index contributed by atoms with van der Waals surface area (Å²) in [5.74, 6) is -1.67. The van der Waals surface area contributed by atoms with Crippen molar-refractivity contribution in [3.63, 3.8) is 0 Å². The fraction of sp³-hybridized carbons (Fsp3) is 0.300. The molecule has 6 heteroatoms. The maximum atomic E-state index is 12.9. The van der Waals surface area contributed by atoms with Crippen molar-refractivity contribution >= 4 is 11.7 Å². The van der Waals surface area contributed by atoms with E-state index >= 15 is 0 Å². The van der Waals surface area contributed by atoms with Crippen molar-refractivity contribution in [2.24, 2.45) is 0 Å². The Hall–Kier alpha value is -1.66. The summed E-state index contributed by atoms with van der Waals surface area (Å²) in [6.45, 7) is 0. The topological polar surface area (TPSA) is 92.8 Å². The van der Waals surface area contributed by atoms with Crippen LogP contribution < -0.4 is 5.73 Å². The molecular formula is C10H12FNO4. The highest BCUT2D eigenvalue weighted by Crippen LogP contribution is 2.21. The van der Waals surface area contributed by atoms with E-state index in [-0.39, 0.29) is 11.3 Å². The van der Waals surface area contributed by atoms with E-state index in [1.165, 1.54) is 6.07 Å². The molecule has 0 aliphatic carbocycles. The van der Waals surface area contributed by atoms with E-state index in [1.807, 2.05) is 0 Å². The first-order chi connectivity index (χ1) is 7.45. The van der Waals surface area contributed by atoms with Crippen LogP contribution in [0.4, 0.5) is 10.1 Å². The van der Waals surface area contributed by atoms with Gasteiger partial charge in [-0.3, -0.25) is 0 Å². The minimum Gasteiger partial charge on any atom is -0.467 e. The number of hydrogen-bond donors (Lipinski definition) is 3. The lowest BCUT2D eigenvalue weighted by atomic mass is 10.0. The second kappa shape index (κ2) is 4.91. The van der Waals surface area contributed by atoms with E-state index in [9.17, 15) is 19.4 Å². The van der Waals surface area contributed by atoms with Crippen LogP contribution in [0.1, 0.15) is 11.7 Å². The zero-order valence-electron chi connectivity index (χ0n) is 8.55. The van der Waals surface area contributed by atoms with Crippen LogP contribution in [-0.4, -0.2) is 29.4 Å². The second-order valence-electron chi connectivity index (χ2n) is 3.23. The second-order valence-corrected chi connectivity index (χ2v) is 3.23. The summed E-state index contributed by atoms with van der Waals surface area (Å²) >= 11 is 0. The summed E-state index contributed by atoms with van der Waals surface area (Å²) in [5, 5.41) is 18.9. The lowest BCUT2D eigenvalue weighted by Gasteiger charge is -2.16. The molecule has 0 heterocycles. The molecule has 0 radical (unpaired) electrons. The minimum absolute atomic E-state index is 0.00963. The molecule has 0 aliphatic heterocycles. The molecule has 0 bridgehead atoms. The van der Waals surface area contributed by atoms with Crippen LogP contribution in [0.5, 0.6) is 0 Å². The maximum absolute atomic E-state index is 12.9. The predicted octanol–water partition coefficient (Wildman–Crippen LogP) is -0.0248. The average molecular weight is 229 g/mol. The highest BCUT2D eigenvalue weighted by molar-refractivity contribution is 5.75. The van der Waals surface area contributed by atoms with Gasteiger partial charge in [0.25, 0.3) is 0 Å². The van der Waals surface area contributed by atoms with Gasteiger partial charge in [-0.15, -0.1) is 0 Å². The van der Waals surface area contributed by atoms with E-state index in [0.29, 0.717) is 0 Å². The summed E-state index contributed by atoms with van der Waals surface area (Å²) in [6.07, 6.45) is -3.35. The Labute approximate surface area is 91.3 Å². The monoisotopic (exact) mass is 229 g/mol. The van der Waals surface area contributed by atoms with Crippen molar-refractivity contribution in [1.82, 2.24) is 0 Å². The van der Waals surface area contributed by atoms with E-state index in [4.69, 9.17) is 5.73 Å². The molecule has 0 amide bonds. The highest BCUT2D eigenvalue weighted by Gasteiger charge is 2.26. The number of nitrogen functional groups attached to an aromatic ring is 1. The molecule has 5 nitrogen and oxygen atoms in total. The zero-order chi connectivity index (χ0) is 12.3. The smallest absolute Gasteiger partial charge is 0.337 e. The molecule has 2 atom stereocenters. The fourth-order valence-electron chi connectivity index (χ4n) is 1.24. The molecule has 1 rings (SSSR count). The Morgan fingerprint density at radius 2 is 2.06 bits per heavy atom. The van der Waals surface area contributed by atoms with Gasteiger partial charge in [0.05, 0.1) is 7.11 Å². The number of rotatable bonds is 3. The van der Waals surface area contributed by atoms with Crippen LogP contribution in [0.2, 0.25) is 0 Å². The summed E-state index contributed by atoms with van der Waals surface area (Å²) in [7, 11) is 1.07. The van der Waals surface area contributed by atoms with Crippen LogP contribution in [0.3, 0.4) is 0 Å². The van der Waals surface area contributed by atoms with Gasteiger partial charge in [0.2, 0.25) is 0 Å². The summed E-state index contributed by atoms with van der Waals surface area (Å²) in [5.41, 5.74) is 5.46. The third-order valence-corrected chi connectivity index (χ3v) is 2.03. The molecule has 0 fully saturated rings. The Kier molecular flexibility index (Phi) is 3.81. The molecule has 0 aromatic heterocycles. The number of halogens is 1. The number of nitrogens with two attached hydrogens (primary N) is 1. The normalized spacial score (nSPS) is 14.2. The van der Waals surface area contributed by atoms with E-state index < -0.39 is 24.0 Å². The standard InChI is InChI=1S/C10H12FNO4/c1-16-10(15)9(14)8(13)5-2-6(11)4-7(12)3-5/h2-4,8-9,13-14H,12H2,1H3. The molecule has 0 saturated carbocycles. The number of hydrogen-bond acceptors (Lipinski definition) is 5. The molecule has 0 spiro atoms. The van der Waals surface area contributed by atoms with Crippen LogP contribution in [0.25, 0.3) is 0 Å². The van der Waals surface area contributed by atoms with Gasteiger partial charge in [0.1, 0.15) is 11.9 Å². The van der Waals surface area contributed by atoms with E-state index in [0.717, 1.165) is 19.2 Å². The molecule has 1 aromatic rings. The number of benzene rings is 1. The first kappa shape index (κ1) is 12.4. The number of carbonyl (C=O) groups excluding carboxylic acids is 1. The maximum Gasteiger partial charge on any atom is 0.337 e. The molecule has 88 valence electrons. The lowest BCUT2D eigenvalue weighted by molar-refractivity contribution is -0.156. The number of anilines is 1. The first-order valence-corrected chi connectivity index (χ1v) is 4.45. The molecule has 2 unspecified atom stereocenters. The third-order valence-electron chi connectivity index (χ3n) is 2.03. The van der Waals surface area contributed by atoms with Crippen LogP contribution >= 0.6 is 0 Å². The van der Waals surface area contributed by atoms with E-state index in [2.05, 4.69) is 4.74 Å². The van der Waals surface area contributed by atoms with Crippen molar-refractivity contribution in [2.75, 3.05) is 12.8 Å². The quantitative estimate of drug-likeness (QED) is 0.500. The van der Waals surface area contributed by atoms with Crippen molar-refractivity contribution in [3.8, 4) is 0 Å². The molecule has 0 aliphatic rings. The number of aliphatic hydroxyl groups excluding tert-OH is 2. The summed E-state index contributed by atoms with van der Waals surface area (Å²) in [6, 6.07) is 3.30. The Bertz CT molecular complexity index is 376. The van der Waals surface area contributed by atoms with Gasteiger partial charge in [-0.25, -0.2) is 9.18 Å². The van der Waals surface area contributed by atoms with Crippen molar-refractivity contribution in [1.29, 1.82) is 0 Å². The van der Waals surface area contributed by atoms with Crippen molar-refractivity contribution in [2.45, 2.75) is 12.2 Å². The number of carbonyl (C=O) groups is 1. The zero-order valence-corrected chi connectivity index (χ0v) is 8.55. The highest BCUT2D eigenvalue weighted by atomic mass is 19.1. The van der Waals surface area contributed by atoms with E-state index in [1.54, 1.807) is 0 Å². The molecular weight excluding hydrogens is 217 g/mol. The number of ether oxygens (including phenoxy) is 1. The van der Waals surface area contributed by atoms with Gasteiger partial charge in [-0.05, 0) is 23.8 Å². The van der Waals surface area contributed by atoms with Gasteiger partial charge >= 0.3 is 5.97 Å². The molecule has 16 heavy (non-hydrogen) atoms. The van der Waals surface area contributed by atoms with Gasteiger partial charge in [-0.1, -0.05) is 0 Å². The minimum atomic E-state index is -1.77. The van der Waals surface area contributed by atoms with Gasteiger partial charge in [0, 0.05) is 5.69 Å². The molecule has 0 saturated heterocycles.